The van der Waals surface area contributed by atoms with Gasteiger partial charge in [0.05, 0.1) is 18.0 Å². The van der Waals surface area contributed by atoms with Crippen molar-refractivity contribution in [1.29, 1.82) is 0 Å². The van der Waals surface area contributed by atoms with Gasteiger partial charge in [0.25, 0.3) is 0 Å². The third-order valence-corrected chi connectivity index (χ3v) is 5.46. The predicted molar refractivity (Wildman–Crippen MR) is 99.1 cm³/mol. The van der Waals surface area contributed by atoms with Crippen LogP contribution in [0.4, 0.5) is 0 Å². The van der Waals surface area contributed by atoms with Gasteiger partial charge in [-0.05, 0) is 60.9 Å². The van der Waals surface area contributed by atoms with E-state index in [-0.39, 0.29) is 17.5 Å². The first-order valence-electron chi connectivity index (χ1n) is 9.34. The Morgan fingerprint density at radius 3 is 2.42 bits per heavy atom. The second-order valence-electron chi connectivity index (χ2n) is 7.32. The highest BCUT2D eigenvalue weighted by molar-refractivity contribution is 5.88. The zero-order valence-corrected chi connectivity index (χ0v) is 14.7. The van der Waals surface area contributed by atoms with Gasteiger partial charge in [0, 0.05) is 6.04 Å². The van der Waals surface area contributed by atoms with Crippen LogP contribution in [-0.2, 0) is 17.6 Å². The molecule has 134 valence electrons. The number of hydrogen-bond donors (Lipinski definition) is 1. The largest absolute Gasteiger partial charge is 0.478 e. The van der Waals surface area contributed by atoms with Crippen molar-refractivity contribution in [2.45, 2.75) is 50.6 Å². The van der Waals surface area contributed by atoms with Crippen LogP contribution < -0.4 is 0 Å². The molecule has 0 heterocycles. The highest BCUT2D eigenvalue weighted by Crippen LogP contribution is 2.41. The van der Waals surface area contributed by atoms with E-state index in [4.69, 9.17) is 5.11 Å². The third kappa shape index (κ3) is 3.36. The molecule has 1 atom stereocenters. The van der Waals surface area contributed by atoms with E-state index in [2.05, 4.69) is 29.2 Å². The van der Waals surface area contributed by atoms with E-state index >= 15 is 0 Å². The van der Waals surface area contributed by atoms with Gasteiger partial charge in [-0.1, -0.05) is 36.4 Å². The van der Waals surface area contributed by atoms with E-state index in [1.807, 2.05) is 0 Å². The maximum atomic E-state index is 13.1. The summed E-state index contributed by atoms with van der Waals surface area (Å²) in [4.78, 5) is 26.2. The fraction of sp³-hybridized carbons (Fsp3) is 0.364. The van der Waals surface area contributed by atoms with Crippen molar-refractivity contribution in [3.05, 3.63) is 70.8 Å². The number of fused-ring (bicyclic) bond motifs is 1. The number of hydrogen-bond acceptors (Lipinski definition) is 2. The number of carbonyl (C=O) groups excluding carboxylic acids is 1. The first kappa shape index (κ1) is 16.8. The second kappa shape index (κ2) is 6.94. The Bertz CT molecular complexity index is 824. The van der Waals surface area contributed by atoms with Crippen LogP contribution in [0.25, 0.3) is 0 Å². The number of carbonyl (C=O) groups is 2. The molecule has 0 bridgehead atoms. The number of benzene rings is 2. The third-order valence-electron chi connectivity index (χ3n) is 5.46. The van der Waals surface area contributed by atoms with E-state index < -0.39 is 5.97 Å². The average Bonchev–Trinajstić information content (AvgIpc) is 3.47. The number of aromatic carboxylic acids is 1. The normalized spacial score (nSPS) is 18.8. The molecule has 0 spiro atoms. The van der Waals surface area contributed by atoms with Crippen LogP contribution in [0.3, 0.4) is 0 Å². The van der Waals surface area contributed by atoms with Crippen molar-refractivity contribution in [1.82, 2.24) is 4.90 Å². The Hall–Kier alpha value is -2.62. The summed E-state index contributed by atoms with van der Waals surface area (Å²) >= 11 is 0. The molecular weight excluding hydrogens is 326 g/mol. The smallest absolute Gasteiger partial charge is 0.335 e. The fourth-order valence-corrected chi connectivity index (χ4v) is 4.03. The lowest BCUT2D eigenvalue weighted by atomic mass is 9.86. The highest BCUT2D eigenvalue weighted by Gasteiger charge is 2.39. The summed E-state index contributed by atoms with van der Waals surface area (Å²) in [5.41, 5.74) is 3.80. The maximum Gasteiger partial charge on any atom is 0.335 e. The summed E-state index contributed by atoms with van der Waals surface area (Å²) in [6, 6.07) is 15.7. The minimum absolute atomic E-state index is 0.150. The Labute approximate surface area is 153 Å². The van der Waals surface area contributed by atoms with E-state index in [1.165, 1.54) is 11.1 Å². The molecule has 4 heteroatoms. The van der Waals surface area contributed by atoms with Crippen LogP contribution >= 0.6 is 0 Å². The van der Waals surface area contributed by atoms with Gasteiger partial charge in [0.2, 0.25) is 5.91 Å². The molecule has 0 radical (unpaired) electrons. The van der Waals surface area contributed by atoms with Crippen molar-refractivity contribution in [2.75, 3.05) is 0 Å². The van der Waals surface area contributed by atoms with Gasteiger partial charge in [-0.15, -0.1) is 0 Å². The van der Waals surface area contributed by atoms with Gasteiger partial charge >= 0.3 is 5.97 Å². The van der Waals surface area contributed by atoms with Crippen molar-refractivity contribution in [3.63, 3.8) is 0 Å². The molecule has 1 fully saturated rings. The van der Waals surface area contributed by atoms with E-state index in [0.29, 0.717) is 12.5 Å². The number of nitrogens with zero attached hydrogens (tertiary/aromatic N) is 1. The molecule has 0 saturated heterocycles. The Morgan fingerprint density at radius 2 is 1.73 bits per heavy atom. The lowest BCUT2D eigenvalue weighted by molar-refractivity contribution is -0.134. The minimum Gasteiger partial charge on any atom is -0.478 e. The molecule has 0 aliphatic heterocycles. The summed E-state index contributed by atoms with van der Waals surface area (Å²) < 4.78 is 0. The van der Waals surface area contributed by atoms with E-state index in [1.54, 1.807) is 24.3 Å². The van der Waals surface area contributed by atoms with Gasteiger partial charge in [0.1, 0.15) is 0 Å². The predicted octanol–water partition coefficient (Wildman–Crippen LogP) is 4.00. The number of amides is 1. The summed E-state index contributed by atoms with van der Waals surface area (Å²) in [5.74, 6) is -0.793. The molecular formula is C22H23NO3. The molecule has 4 nitrogen and oxygen atoms in total. The number of rotatable bonds is 5. The zero-order valence-electron chi connectivity index (χ0n) is 14.7. The molecule has 0 aromatic heterocycles. The van der Waals surface area contributed by atoms with Gasteiger partial charge in [-0.2, -0.15) is 0 Å². The molecule has 26 heavy (non-hydrogen) atoms. The summed E-state index contributed by atoms with van der Waals surface area (Å²) in [5, 5.41) is 9.01. The molecule has 2 aliphatic carbocycles. The first-order chi connectivity index (χ1) is 12.6. The van der Waals surface area contributed by atoms with Gasteiger partial charge < -0.3 is 10.0 Å². The highest BCUT2D eigenvalue weighted by atomic mass is 16.4. The minimum atomic E-state index is -0.943. The fourth-order valence-electron chi connectivity index (χ4n) is 4.03. The van der Waals surface area contributed by atoms with Crippen molar-refractivity contribution in [3.8, 4) is 0 Å². The second-order valence-corrected chi connectivity index (χ2v) is 7.32. The molecule has 1 saturated carbocycles. The van der Waals surface area contributed by atoms with Crippen molar-refractivity contribution in [2.24, 2.45) is 0 Å². The zero-order chi connectivity index (χ0) is 18.1. The lowest BCUT2D eigenvalue weighted by Crippen LogP contribution is -2.39. The average molecular weight is 349 g/mol. The summed E-state index contributed by atoms with van der Waals surface area (Å²) in [6.45, 7) is 0. The van der Waals surface area contributed by atoms with Crippen LogP contribution in [0.2, 0.25) is 0 Å². The van der Waals surface area contributed by atoms with E-state index in [9.17, 15) is 9.59 Å². The first-order valence-corrected chi connectivity index (χ1v) is 9.34. The summed E-state index contributed by atoms with van der Waals surface area (Å²) in [6.07, 6.45) is 5.73. The van der Waals surface area contributed by atoms with Crippen LogP contribution in [0, 0.1) is 0 Å². The van der Waals surface area contributed by atoms with Crippen LogP contribution in [0.15, 0.2) is 48.5 Å². The quantitative estimate of drug-likeness (QED) is 0.888. The van der Waals surface area contributed by atoms with Crippen LogP contribution in [-0.4, -0.2) is 27.9 Å². The SMILES string of the molecule is O=C(O)c1ccc(CC(=O)N(C2CC2)C2CCCc3ccccc32)cc1. The van der Waals surface area contributed by atoms with Gasteiger partial charge in [0.15, 0.2) is 0 Å². The van der Waals surface area contributed by atoms with Crippen LogP contribution in [0.5, 0.6) is 0 Å². The standard InChI is InChI=1S/C22H23NO3/c24-21(14-15-8-10-17(11-9-15)22(25)26)23(18-12-13-18)20-7-3-5-16-4-1-2-6-19(16)20/h1-2,4,6,8-11,18,20H,3,5,7,12-14H2,(H,25,26). The molecule has 1 unspecified atom stereocenters. The molecule has 2 aliphatic rings. The Balaban J connectivity index is 1.56. The number of carboxylic acid groups (broad SMARTS) is 1. The van der Waals surface area contributed by atoms with Gasteiger partial charge in [-0.25, -0.2) is 4.79 Å². The molecule has 1 N–H and O–H groups in total. The Morgan fingerprint density at radius 1 is 1.00 bits per heavy atom. The Kier molecular flexibility index (Phi) is 4.49. The van der Waals surface area contributed by atoms with E-state index in [0.717, 1.165) is 37.7 Å². The number of aryl methyl sites for hydroxylation is 1. The maximum absolute atomic E-state index is 13.1. The van der Waals surface area contributed by atoms with Crippen molar-refractivity contribution < 1.29 is 14.7 Å². The molecule has 1 amide bonds. The molecule has 2 aromatic rings. The lowest BCUT2D eigenvalue weighted by Gasteiger charge is -2.36. The monoisotopic (exact) mass is 349 g/mol. The number of carboxylic acids is 1. The van der Waals surface area contributed by atoms with Crippen molar-refractivity contribution >= 4 is 11.9 Å². The van der Waals surface area contributed by atoms with Crippen LogP contribution in [0.1, 0.15) is 58.8 Å². The molecule has 4 rings (SSSR count). The molecule has 2 aromatic carbocycles. The summed E-state index contributed by atoms with van der Waals surface area (Å²) in [7, 11) is 0. The van der Waals surface area contributed by atoms with Gasteiger partial charge in [-0.3, -0.25) is 4.79 Å². The topological polar surface area (TPSA) is 57.6 Å².